The Labute approximate surface area is 200 Å². The number of nitrogens with one attached hydrogen (secondary N) is 1. The Hall–Kier alpha value is -2.97. The van der Waals surface area contributed by atoms with Crippen molar-refractivity contribution in [1.29, 1.82) is 5.26 Å². The lowest BCUT2D eigenvalue weighted by Crippen LogP contribution is -2.54. The largest absolute Gasteiger partial charge is 0.407 e. The molecule has 1 aliphatic rings. The minimum absolute atomic E-state index is 0.0546. The summed E-state index contributed by atoms with van der Waals surface area (Å²) in [5, 5.41) is 10.4. The van der Waals surface area contributed by atoms with E-state index in [4.69, 9.17) is 0 Å². The van der Waals surface area contributed by atoms with Crippen LogP contribution in [0.4, 0.5) is 17.6 Å². The van der Waals surface area contributed by atoms with Gasteiger partial charge < -0.3 is 4.57 Å². The lowest BCUT2D eigenvalue weighted by Gasteiger charge is -2.28. The zero-order valence-electron chi connectivity index (χ0n) is 19.4. The van der Waals surface area contributed by atoms with Crippen molar-refractivity contribution >= 4 is 20.9 Å². The maximum Gasteiger partial charge on any atom is 0.407 e. The van der Waals surface area contributed by atoms with E-state index in [2.05, 4.69) is 11.1 Å². The van der Waals surface area contributed by atoms with Crippen molar-refractivity contribution in [3.05, 3.63) is 47.4 Å². The van der Waals surface area contributed by atoms with Crippen LogP contribution in [0.15, 0.2) is 35.4 Å². The summed E-state index contributed by atoms with van der Waals surface area (Å²) in [5.74, 6) is -0.447. The number of hydrogen-bond donors (Lipinski definition) is 1. The van der Waals surface area contributed by atoms with Crippen molar-refractivity contribution in [2.45, 2.75) is 69.1 Å². The Kier molecular flexibility index (Phi) is 6.18. The summed E-state index contributed by atoms with van der Waals surface area (Å²) in [6.45, 7) is 3.10. The number of nitriles is 1. The first-order valence-electron chi connectivity index (χ1n) is 11.1. The predicted octanol–water partition coefficient (Wildman–Crippen LogP) is 5.76. The molecule has 0 spiro atoms. The second-order valence-electron chi connectivity index (χ2n) is 9.37. The summed E-state index contributed by atoms with van der Waals surface area (Å²) in [6.07, 6.45) is -0.116. The molecule has 1 saturated carbocycles. The first kappa shape index (κ1) is 25.1. The maximum absolute atomic E-state index is 14.4. The molecule has 1 N–H and O–H groups in total. The number of benzene rings is 1. The second-order valence-corrected chi connectivity index (χ2v) is 11.1. The SMILES string of the molecule is Cc1cc2c(cc1F)c(C#N)c(-c1ccc(S(=O)(=O)NC(C)(C)C(F)(F)F)cn1)n2C1CCCC1. The highest BCUT2D eigenvalue weighted by molar-refractivity contribution is 7.89. The van der Waals surface area contributed by atoms with Crippen molar-refractivity contribution in [2.75, 3.05) is 0 Å². The Morgan fingerprint density at radius 1 is 1.17 bits per heavy atom. The fraction of sp³-hybridized carbons (Fsp3) is 0.417. The molecule has 0 bridgehead atoms. The maximum atomic E-state index is 14.4. The van der Waals surface area contributed by atoms with E-state index in [1.54, 1.807) is 17.7 Å². The summed E-state index contributed by atoms with van der Waals surface area (Å²) in [5.41, 5.74) is -0.642. The molecule has 186 valence electrons. The monoisotopic (exact) mass is 508 g/mol. The molecule has 0 unspecified atom stereocenters. The minimum atomic E-state index is -4.80. The second kappa shape index (κ2) is 8.60. The topological polar surface area (TPSA) is 87.8 Å². The highest BCUT2D eigenvalue weighted by atomic mass is 32.2. The van der Waals surface area contributed by atoms with Crippen LogP contribution in [-0.4, -0.2) is 29.7 Å². The number of sulfonamides is 1. The normalized spacial score (nSPS) is 15.6. The van der Waals surface area contributed by atoms with Gasteiger partial charge in [-0.25, -0.2) is 12.8 Å². The van der Waals surface area contributed by atoms with Crippen LogP contribution in [0, 0.1) is 24.1 Å². The van der Waals surface area contributed by atoms with Crippen LogP contribution in [0.25, 0.3) is 22.3 Å². The molecule has 1 fully saturated rings. The van der Waals surface area contributed by atoms with Crippen LogP contribution in [0.5, 0.6) is 0 Å². The molecule has 11 heteroatoms. The molecule has 6 nitrogen and oxygen atoms in total. The fourth-order valence-electron chi connectivity index (χ4n) is 4.47. The van der Waals surface area contributed by atoms with Gasteiger partial charge in [0.2, 0.25) is 10.0 Å². The molecule has 2 aromatic heterocycles. The minimum Gasteiger partial charge on any atom is -0.335 e. The lowest BCUT2D eigenvalue weighted by atomic mass is 10.1. The molecule has 0 amide bonds. The van der Waals surface area contributed by atoms with Crippen LogP contribution in [0.2, 0.25) is 0 Å². The van der Waals surface area contributed by atoms with Crippen molar-refractivity contribution in [3.63, 3.8) is 0 Å². The lowest BCUT2D eigenvalue weighted by molar-refractivity contribution is -0.180. The van der Waals surface area contributed by atoms with Gasteiger partial charge in [0.25, 0.3) is 0 Å². The summed E-state index contributed by atoms with van der Waals surface area (Å²) < 4.78 is 82.8. The third kappa shape index (κ3) is 4.41. The third-order valence-corrected chi connectivity index (χ3v) is 8.11. The number of hydrogen-bond acceptors (Lipinski definition) is 4. The molecular formula is C24H24F4N4O2S. The van der Waals surface area contributed by atoms with Crippen LogP contribution in [0.1, 0.15) is 56.7 Å². The number of pyridine rings is 1. The molecule has 35 heavy (non-hydrogen) atoms. The summed E-state index contributed by atoms with van der Waals surface area (Å²) in [4.78, 5) is 3.78. The molecule has 0 radical (unpaired) electrons. The van der Waals surface area contributed by atoms with E-state index in [1.165, 1.54) is 12.1 Å². The number of aromatic nitrogens is 2. The van der Waals surface area contributed by atoms with Crippen LogP contribution in [-0.2, 0) is 10.0 Å². The fourth-order valence-corrected chi connectivity index (χ4v) is 5.82. The van der Waals surface area contributed by atoms with Gasteiger partial charge in [0.05, 0.1) is 22.5 Å². The molecule has 0 atom stereocenters. The summed E-state index contributed by atoms with van der Waals surface area (Å²) >= 11 is 0. The number of nitrogens with zero attached hydrogens (tertiary/aromatic N) is 3. The number of rotatable bonds is 5. The molecule has 4 rings (SSSR count). The molecule has 0 saturated heterocycles. The van der Waals surface area contributed by atoms with Crippen molar-refractivity contribution < 1.29 is 26.0 Å². The smallest absolute Gasteiger partial charge is 0.335 e. The first-order valence-corrected chi connectivity index (χ1v) is 12.6. The first-order chi connectivity index (χ1) is 16.3. The molecule has 3 aromatic rings. The van der Waals surface area contributed by atoms with Gasteiger partial charge in [-0.1, -0.05) is 12.8 Å². The Bertz CT molecular complexity index is 1430. The van der Waals surface area contributed by atoms with Gasteiger partial charge in [-0.05, 0) is 63.4 Å². The molecule has 1 aromatic carbocycles. The zero-order valence-corrected chi connectivity index (χ0v) is 20.2. The molecule has 2 heterocycles. The van der Waals surface area contributed by atoms with Gasteiger partial charge in [-0.2, -0.15) is 23.2 Å². The van der Waals surface area contributed by atoms with E-state index in [-0.39, 0.29) is 17.3 Å². The van der Waals surface area contributed by atoms with Gasteiger partial charge in [0.1, 0.15) is 22.3 Å². The summed E-state index contributed by atoms with van der Waals surface area (Å²) in [7, 11) is -4.53. The number of halogens is 4. The van der Waals surface area contributed by atoms with E-state index in [9.17, 15) is 31.2 Å². The molecule has 0 aliphatic heterocycles. The average molecular weight is 509 g/mol. The van der Waals surface area contributed by atoms with E-state index >= 15 is 0 Å². The van der Waals surface area contributed by atoms with Crippen molar-refractivity contribution in [2.24, 2.45) is 0 Å². The molecule has 1 aliphatic carbocycles. The van der Waals surface area contributed by atoms with Crippen LogP contribution in [0.3, 0.4) is 0 Å². The highest BCUT2D eigenvalue weighted by Gasteiger charge is 2.49. The van der Waals surface area contributed by atoms with E-state index < -0.39 is 32.5 Å². The quantitative estimate of drug-likeness (QED) is 0.444. The third-order valence-electron chi connectivity index (χ3n) is 6.47. The number of fused-ring (bicyclic) bond motifs is 1. The van der Waals surface area contributed by atoms with Crippen LogP contribution >= 0.6 is 0 Å². The Balaban J connectivity index is 1.84. The van der Waals surface area contributed by atoms with E-state index in [0.717, 1.165) is 51.8 Å². The molecular weight excluding hydrogens is 484 g/mol. The highest BCUT2D eigenvalue weighted by Crippen LogP contribution is 2.41. The number of alkyl halides is 3. The van der Waals surface area contributed by atoms with E-state index in [1.807, 2.05) is 4.57 Å². The average Bonchev–Trinajstić information content (AvgIpc) is 3.38. The number of aryl methyl sites for hydroxylation is 1. The van der Waals surface area contributed by atoms with Crippen molar-refractivity contribution in [3.8, 4) is 17.5 Å². The van der Waals surface area contributed by atoms with Crippen molar-refractivity contribution in [1.82, 2.24) is 14.3 Å². The Morgan fingerprint density at radius 3 is 2.37 bits per heavy atom. The van der Waals surface area contributed by atoms with Gasteiger partial charge in [-0.15, -0.1) is 0 Å². The predicted molar refractivity (Wildman–Crippen MR) is 123 cm³/mol. The van der Waals surface area contributed by atoms with E-state index in [0.29, 0.717) is 22.2 Å². The van der Waals surface area contributed by atoms with Gasteiger partial charge in [0, 0.05) is 17.6 Å². The van der Waals surface area contributed by atoms with Gasteiger partial charge >= 0.3 is 6.18 Å². The van der Waals surface area contributed by atoms with Crippen LogP contribution < -0.4 is 4.72 Å². The zero-order chi connectivity index (χ0) is 25.8. The van der Waals surface area contributed by atoms with Gasteiger partial charge in [0.15, 0.2) is 0 Å². The standard InChI is InChI=1S/C24H24F4N4O2S/c1-14-10-21-17(11-19(14)25)18(12-29)22(32(21)15-6-4-5-7-15)20-9-8-16(13-30-20)35(33,34)31-23(2,3)24(26,27)28/h8-11,13,15,31H,4-7H2,1-3H3. The van der Waals surface area contributed by atoms with Gasteiger partial charge in [-0.3, -0.25) is 4.98 Å². The Morgan fingerprint density at radius 2 is 1.83 bits per heavy atom. The summed E-state index contributed by atoms with van der Waals surface area (Å²) in [6, 6.07) is 7.71.